The number of anilines is 1. The number of nitrogen functional groups attached to an aromatic ring is 1. The molecular weight excluding hydrogens is 268 g/mol. The number of alkyl halides is 2. The molecule has 0 bridgehead atoms. The highest BCUT2D eigenvalue weighted by Crippen LogP contribution is 2.30. The molecule has 0 aromatic heterocycles. The predicted octanol–water partition coefficient (Wildman–Crippen LogP) is 2.63. The first-order valence-corrected chi connectivity index (χ1v) is 5.50. The third-order valence-electron chi connectivity index (χ3n) is 2.05. The first-order valence-electron chi connectivity index (χ1n) is 5.12. The molecule has 0 heterocycles. The van der Waals surface area contributed by atoms with Gasteiger partial charge in [0.15, 0.2) is 0 Å². The van der Waals surface area contributed by atoms with Crippen molar-refractivity contribution in [3.8, 4) is 5.75 Å². The van der Waals surface area contributed by atoms with Gasteiger partial charge in [-0.05, 0) is 18.6 Å². The zero-order valence-corrected chi connectivity index (χ0v) is 10.3. The van der Waals surface area contributed by atoms with Gasteiger partial charge >= 0.3 is 12.6 Å². The molecule has 0 amide bonds. The summed E-state index contributed by atoms with van der Waals surface area (Å²) in [6, 6.07) is 2.40. The van der Waals surface area contributed by atoms with Gasteiger partial charge < -0.3 is 15.2 Å². The summed E-state index contributed by atoms with van der Waals surface area (Å²) < 4.78 is 33.1. The van der Waals surface area contributed by atoms with Gasteiger partial charge in [0.25, 0.3) is 0 Å². The Morgan fingerprint density at radius 3 is 2.72 bits per heavy atom. The summed E-state index contributed by atoms with van der Waals surface area (Å²) in [5, 5.41) is 0.0486. The van der Waals surface area contributed by atoms with Crippen LogP contribution in [-0.4, -0.2) is 19.2 Å². The molecule has 1 aromatic carbocycles. The number of hydrogen-bond acceptors (Lipinski definition) is 4. The molecule has 0 spiro atoms. The third-order valence-corrected chi connectivity index (χ3v) is 2.37. The van der Waals surface area contributed by atoms with Crippen molar-refractivity contribution in [3.63, 3.8) is 0 Å². The third kappa shape index (κ3) is 4.03. The zero-order valence-electron chi connectivity index (χ0n) is 9.58. The lowest BCUT2D eigenvalue weighted by atomic mass is 10.1. The van der Waals surface area contributed by atoms with E-state index < -0.39 is 12.6 Å². The molecule has 0 saturated heterocycles. The Bertz CT molecular complexity index is 441. The quantitative estimate of drug-likeness (QED) is 0.665. The second-order valence-electron chi connectivity index (χ2n) is 3.34. The fourth-order valence-electron chi connectivity index (χ4n) is 1.33. The van der Waals surface area contributed by atoms with Gasteiger partial charge in [-0.3, -0.25) is 4.79 Å². The largest absolute Gasteiger partial charge is 0.466 e. The van der Waals surface area contributed by atoms with E-state index in [2.05, 4.69) is 4.74 Å². The Balaban J connectivity index is 2.95. The van der Waals surface area contributed by atoms with Crippen LogP contribution in [0.15, 0.2) is 12.1 Å². The maximum Gasteiger partial charge on any atom is 0.387 e. The average Bonchev–Trinajstić information content (AvgIpc) is 2.24. The van der Waals surface area contributed by atoms with Crippen LogP contribution in [0.25, 0.3) is 0 Å². The van der Waals surface area contributed by atoms with Crippen LogP contribution in [0.4, 0.5) is 14.5 Å². The van der Waals surface area contributed by atoms with Crippen molar-refractivity contribution < 1.29 is 23.0 Å². The van der Waals surface area contributed by atoms with Crippen molar-refractivity contribution in [1.82, 2.24) is 0 Å². The first kappa shape index (κ1) is 14.5. The Kier molecular flexibility index (Phi) is 5.15. The van der Waals surface area contributed by atoms with Crippen LogP contribution in [-0.2, 0) is 16.0 Å². The van der Waals surface area contributed by atoms with E-state index in [4.69, 9.17) is 22.1 Å². The summed E-state index contributed by atoms with van der Waals surface area (Å²) in [5.74, 6) is -0.669. The average molecular weight is 280 g/mol. The number of nitrogens with two attached hydrogens (primary N) is 1. The van der Waals surface area contributed by atoms with Crippen LogP contribution in [0.3, 0.4) is 0 Å². The monoisotopic (exact) mass is 279 g/mol. The molecule has 0 aliphatic rings. The summed E-state index contributed by atoms with van der Waals surface area (Å²) in [4.78, 5) is 11.3. The Morgan fingerprint density at radius 1 is 1.50 bits per heavy atom. The van der Waals surface area contributed by atoms with Gasteiger partial charge in [0.2, 0.25) is 0 Å². The van der Waals surface area contributed by atoms with Gasteiger partial charge in [0.05, 0.1) is 23.7 Å². The number of carbonyl (C=O) groups is 1. The Morgan fingerprint density at radius 2 is 2.17 bits per heavy atom. The van der Waals surface area contributed by atoms with E-state index in [-0.39, 0.29) is 35.1 Å². The topological polar surface area (TPSA) is 61.5 Å². The molecule has 0 saturated carbocycles. The summed E-state index contributed by atoms with van der Waals surface area (Å²) >= 11 is 5.76. The minimum absolute atomic E-state index is 0.0486. The number of benzene rings is 1. The zero-order chi connectivity index (χ0) is 13.7. The lowest BCUT2D eigenvalue weighted by molar-refractivity contribution is -0.142. The molecule has 1 aromatic rings. The van der Waals surface area contributed by atoms with Crippen LogP contribution in [0, 0.1) is 0 Å². The molecule has 0 aliphatic carbocycles. The van der Waals surface area contributed by atoms with E-state index >= 15 is 0 Å². The molecule has 1 rings (SSSR count). The second-order valence-corrected chi connectivity index (χ2v) is 3.75. The molecule has 2 N–H and O–H groups in total. The number of esters is 1. The number of carbonyl (C=O) groups excluding carboxylic acids is 1. The summed E-state index contributed by atoms with van der Waals surface area (Å²) in [5.41, 5.74) is 6.08. The van der Waals surface area contributed by atoms with Crippen LogP contribution < -0.4 is 10.5 Å². The Labute approximate surface area is 108 Å². The smallest absolute Gasteiger partial charge is 0.387 e. The van der Waals surface area contributed by atoms with Crippen molar-refractivity contribution in [3.05, 3.63) is 22.7 Å². The van der Waals surface area contributed by atoms with E-state index in [1.54, 1.807) is 6.92 Å². The molecule has 7 heteroatoms. The van der Waals surface area contributed by atoms with E-state index in [1.165, 1.54) is 6.07 Å². The molecule has 0 atom stereocenters. The van der Waals surface area contributed by atoms with E-state index in [0.29, 0.717) is 0 Å². The van der Waals surface area contributed by atoms with Crippen molar-refractivity contribution in [2.45, 2.75) is 20.0 Å². The molecule has 0 fully saturated rings. The molecule has 18 heavy (non-hydrogen) atoms. The highest BCUT2D eigenvalue weighted by molar-refractivity contribution is 6.33. The minimum atomic E-state index is -2.97. The van der Waals surface area contributed by atoms with Crippen molar-refractivity contribution in [2.75, 3.05) is 12.3 Å². The normalized spacial score (nSPS) is 10.5. The summed E-state index contributed by atoms with van der Waals surface area (Å²) in [6.07, 6.45) is -0.153. The van der Waals surface area contributed by atoms with Gasteiger partial charge in [-0.15, -0.1) is 0 Å². The maximum absolute atomic E-state index is 12.1. The lowest BCUT2D eigenvalue weighted by Gasteiger charge is -2.11. The molecule has 0 aliphatic heterocycles. The molecule has 0 unspecified atom stereocenters. The van der Waals surface area contributed by atoms with Crippen molar-refractivity contribution in [1.29, 1.82) is 0 Å². The number of halogens is 3. The summed E-state index contributed by atoms with van der Waals surface area (Å²) in [7, 11) is 0. The highest BCUT2D eigenvalue weighted by atomic mass is 35.5. The van der Waals surface area contributed by atoms with Gasteiger partial charge in [0, 0.05) is 6.07 Å². The van der Waals surface area contributed by atoms with Crippen molar-refractivity contribution in [2.24, 2.45) is 0 Å². The fourth-order valence-corrected chi connectivity index (χ4v) is 1.56. The molecular formula is C11H12ClF2NO3. The summed E-state index contributed by atoms with van der Waals surface area (Å²) in [6.45, 7) is -1.09. The van der Waals surface area contributed by atoms with E-state index in [1.807, 2.05) is 0 Å². The van der Waals surface area contributed by atoms with E-state index in [0.717, 1.165) is 6.07 Å². The van der Waals surface area contributed by atoms with Gasteiger partial charge in [0.1, 0.15) is 5.75 Å². The van der Waals surface area contributed by atoms with Crippen molar-refractivity contribution >= 4 is 23.3 Å². The number of rotatable bonds is 5. The standard InChI is InChI=1S/C11H12ClF2NO3/c1-2-17-9(16)4-6-3-7(18-11(13)14)5-8(12)10(6)15/h3,5,11H,2,4,15H2,1H3. The van der Waals surface area contributed by atoms with Gasteiger partial charge in [-0.2, -0.15) is 8.78 Å². The second kappa shape index (κ2) is 6.39. The highest BCUT2D eigenvalue weighted by Gasteiger charge is 2.14. The molecule has 100 valence electrons. The number of ether oxygens (including phenoxy) is 2. The lowest BCUT2D eigenvalue weighted by Crippen LogP contribution is -2.10. The molecule has 0 radical (unpaired) electrons. The SMILES string of the molecule is CCOC(=O)Cc1cc(OC(F)F)cc(Cl)c1N. The van der Waals surface area contributed by atoms with Crippen LogP contribution >= 0.6 is 11.6 Å². The van der Waals surface area contributed by atoms with Gasteiger partial charge in [-0.25, -0.2) is 0 Å². The first-order chi connectivity index (χ1) is 8.43. The fraction of sp³-hybridized carbons (Fsp3) is 0.364. The van der Waals surface area contributed by atoms with Gasteiger partial charge in [-0.1, -0.05) is 11.6 Å². The number of hydrogen-bond donors (Lipinski definition) is 1. The predicted molar refractivity (Wildman–Crippen MR) is 62.8 cm³/mol. The van der Waals surface area contributed by atoms with Crippen LogP contribution in [0.1, 0.15) is 12.5 Å². The van der Waals surface area contributed by atoms with Crippen LogP contribution in [0.2, 0.25) is 5.02 Å². The van der Waals surface area contributed by atoms with Crippen LogP contribution in [0.5, 0.6) is 5.75 Å². The Hall–Kier alpha value is -1.56. The maximum atomic E-state index is 12.1. The van der Waals surface area contributed by atoms with E-state index in [9.17, 15) is 13.6 Å². The minimum Gasteiger partial charge on any atom is -0.466 e. The molecule has 4 nitrogen and oxygen atoms in total.